The van der Waals surface area contributed by atoms with Gasteiger partial charge in [-0.15, -0.1) is 5.10 Å². The molecule has 0 radical (unpaired) electrons. The van der Waals surface area contributed by atoms with Crippen molar-refractivity contribution in [1.29, 1.82) is 0 Å². The summed E-state index contributed by atoms with van der Waals surface area (Å²) in [7, 11) is 0. The van der Waals surface area contributed by atoms with Crippen molar-refractivity contribution < 1.29 is 9.21 Å². The number of aryl methyl sites for hydroxylation is 3. The van der Waals surface area contributed by atoms with Crippen LogP contribution in [0, 0.1) is 20.8 Å². The van der Waals surface area contributed by atoms with Crippen LogP contribution in [0.3, 0.4) is 0 Å². The van der Waals surface area contributed by atoms with E-state index in [1.807, 2.05) is 25.3 Å². The van der Waals surface area contributed by atoms with Crippen molar-refractivity contribution in [2.75, 3.05) is 18.4 Å². The van der Waals surface area contributed by atoms with E-state index >= 15 is 0 Å². The Labute approximate surface area is 144 Å². The maximum atomic E-state index is 12.6. The Morgan fingerprint density at radius 3 is 2.88 bits per heavy atom. The molecule has 1 aliphatic heterocycles. The fourth-order valence-electron chi connectivity index (χ4n) is 3.22. The van der Waals surface area contributed by atoms with Crippen LogP contribution in [0.25, 0.3) is 5.65 Å². The highest BCUT2D eigenvalue weighted by molar-refractivity contribution is 5.92. The lowest BCUT2D eigenvalue weighted by atomic mass is 10.2. The molecule has 1 amide bonds. The van der Waals surface area contributed by atoms with Gasteiger partial charge in [0, 0.05) is 26.1 Å². The first-order chi connectivity index (χ1) is 12.0. The van der Waals surface area contributed by atoms with E-state index in [2.05, 4.69) is 20.4 Å². The molecule has 130 valence electrons. The molecule has 1 saturated heterocycles. The standard InChI is InChI=1S/C17H20N6O2/c1-10-8-23-15(18-10)5-4-14(21-23)20-13-6-7-22(9-13)17(24)16-11(2)19-12(3)25-16/h4-5,8,13H,6-7,9H2,1-3H3,(H,20,21). The van der Waals surface area contributed by atoms with Crippen molar-refractivity contribution in [3.05, 3.63) is 41.4 Å². The van der Waals surface area contributed by atoms with Crippen molar-refractivity contribution in [3.8, 4) is 0 Å². The molecule has 4 heterocycles. The van der Waals surface area contributed by atoms with E-state index < -0.39 is 0 Å². The molecule has 25 heavy (non-hydrogen) atoms. The van der Waals surface area contributed by atoms with Crippen LogP contribution in [-0.4, -0.2) is 49.5 Å². The Hall–Kier alpha value is -2.90. The highest BCUT2D eigenvalue weighted by Crippen LogP contribution is 2.19. The normalized spacial score (nSPS) is 17.4. The van der Waals surface area contributed by atoms with Gasteiger partial charge < -0.3 is 14.6 Å². The second-order valence-electron chi connectivity index (χ2n) is 6.43. The van der Waals surface area contributed by atoms with Crippen molar-refractivity contribution >= 4 is 17.4 Å². The Bertz CT molecular complexity index is 944. The Kier molecular flexibility index (Phi) is 3.67. The second kappa shape index (κ2) is 5.87. The summed E-state index contributed by atoms with van der Waals surface area (Å²) in [6.07, 6.45) is 2.75. The van der Waals surface area contributed by atoms with Crippen molar-refractivity contribution in [2.45, 2.75) is 33.2 Å². The Balaban J connectivity index is 1.44. The third-order valence-corrected chi connectivity index (χ3v) is 4.37. The van der Waals surface area contributed by atoms with Gasteiger partial charge in [0.05, 0.1) is 17.6 Å². The molecule has 0 spiro atoms. The van der Waals surface area contributed by atoms with Crippen LogP contribution in [-0.2, 0) is 0 Å². The third-order valence-electron chi connectivity index (χ3n) is 4.37. The number of likely N-dealkylation sites (tertiary alicyclic amines) is 1. The molecule has 0 saturated carbocycles. The number of carbonyl (C=O) groups is 1. The quantitative estimate of drug-likeness (QED) is 0.784. The number of hydrogen-bond acceptors (Lipinski definition) is 6. The number of amides is 1. The summed E-state index contributed by atoms with van der Waals surface area (Å²) >= 11 is 0. The van der Waals surface area contributed by atoms with Crippen LogP contribution >= 0.6 is 0 Å². The summed E-state index contributed by atoms with van der Waals surface area (Å²) in [6.45, 7) is 6.78. The molecule has 1 atom stereocenters. The lowest BCUT2D eigenvalue weighted by molar-refractivity contribution is 0.0757. The van der Waals surface area contributed by atoms with Gasteiger partial charge in [0.2, 0.25) is 5.76 Å². The predicted octanol–water partition coefficient (Wildman–Crippen LogP) is 1.97. The first-order valence-electron chi connectivity index (χ1n) is 8.32. The minimum absolute atomic E-state index is 0.101. The van der Waals surface area contributed by atoms with Gasteiger partial charge in [-0.1, -0.05) is 0 Å². The molecule has 4 rings (SSSR count). The Morgan fingerprint density at radius 1 is 1.28 bits per heavy atom. The number of fused-ring (bicyclic) bond motifs is 1. The van der Waals surface area contributed by atoms with E-state index in [-0.39, 0.29) is 11.9 Å². The average molecular weight is 340 g/mol. The zero-order valence-corrected chi connectivity index (χ0v) is 14.5. The highest BCUT2D eigenvalue weighted by atomic mass is 16.4. The summed E-state index contributed by atoms with van der Waals surface area (Å²) in [5.74, 6) is 1.53. The summed E-state index contributed by atoms with van der Waals surface area (Å²) in [6, 6.07) is 4.00. The molecule has 1 fully saturated rings. The zero-order chi connectivity index (χ0) is 17.6. The number of oxazole rings is 1. The molecule has 1 unspecified atom stereocenters. The average Bonchev–Trinajstić information content (AvgIpc) is 3.24. The van der Waals surface area contributed by atoms with Crippen molar-refractivity contribution in [1.82, 2.24) is 24.5 Å². The van der Waals surface area contributed by atoms with Crippen LogP contribution in [0.5, 0.6) is 0 Å². The third kappa shape index (κ3) is 2.95. The monoisotopic (exact) mass is 340 g/mol. The molecule has 0 aliphatic carbocycles. The van der Waals surface area contributed by atoms with Gasteiger partial charge in [0.25, 0.3) is 5.91 Å². The predicted molar refractivity (Wildman–Crippen MR) is 91.6 cm³/mol. The van der Waals surface area contributed by atoms with E-state index in [0.717, 1.165) is 23.6 Å². The molecular formula is C17H20N6O2. The SMILES string of the molecule is Cc1cn2nc(NC3CCN(C(=O)c4oc(C)nc4C)C3)ccc2n1. The number of rotatable bonds is 3. The molecule has 1 aliphatic rings. The van der Waals surface area contributed by atoms with Crippen molar-refractivity contribution in [2.24, 2.45) is 0 Å². The fraction of sp³-hybridized carbons (Fsp3) is 0.412. The smallest absolute Gasteiger partial charge is 0.291 e. The van der Waals surface area contributed by atoms with E-state index in [1.165, 1.54) is 0 Å². The minimum atomic E-state index is -0.101. The maximum absolute atomic E-state index is 12.6. The van der Waals surface area contributed by atoms with Gasteiger partial charge in [0.15, 0.2) is 11.5 Å². The van der Waals surface area contributed by atoms with Gasteiger partial charge in [-0.3, -0.25) is 4.79 Å². The summed E-state index contributed by atoms with van der Waals surface area (Å²) in [4.78, 5) is 22.9. The van der Waals surface area contributed by atoms with Gasteiger partial charge in [-0.25, -0.2) is 14.5 Å². The molecule has 0 aromatic carbocycles. The first kappa shape index (κ1) is 15.6. The van der Waals surface area contributed by atoms with Crippen molar-refractivity contribution in [3.63, 3.8) is 0 Å². The first-order valence-corrected chi connectivity index (χ1v) is 8.32. The lowest BCUT2D eigenvalue weighted by Crippen LogP contribution is -2.32. The van der Waals surface area contributed by atoms with Crippen LogP contribution in [0.15, 0.2) is 22.7 Å². The largest absolute Gasteiger partial charge is 0.436 e. The summed E-state index contributed by atoms with van der Waals surface area (Å²) in [5.41, 5.74) is 2.39. The number of anilines is 1. The molecule has 3 aromatic rings. The molecule has 1 N–H and O–H groups in total. The summed E-state index contributed by atoms with van der Waals surface area (Å²) in [5, 5.41) is 7.91. The van der Waals surface area contributed by atoms with Gasteiger partial charge >= 0.3 is 0 Å². The van der Waals surface area contributed by atoms with Crippen LogP contribution in [0.4, 0.5) is 5.82 Å². The van der Waals surface area contributed by atoms with Gasteiger partial charge in [-0.2, -0.15) is 0 Å². The van der Waals surface area contributed by atoms with Crippen LogP contribution < -0.4 is 5.32 Å². The zero-order valence-electron chi connectivity index (χ0n) is 14.5. The molecule has 8 heteroatoms. The van der Waals surface area contributed by atoms with E-state index in [1.54, 1.807) is 23.3 Å². The van der Waals surface area contributed by atoms with Crippen LogP contribution in [0.2, 0.25) is 0 Å². The van der Waals surface area contributed by atoms with E-state index in [9.17, 15) is 4.79 Å². The number of nitrogens with zero attached hydrogens (tertiary/aromatic N) is 5. The van der Waals surface area contributed by atoms with E-state index in [4.69, 9.17) is 4.42 Å². The maximum Gasteiger partial charge on any atom is 0.291 e. The van der Waals surface area contributed by atoms with Crippen LogP contribution in [0.1, 0.15) is 34.3 Å². The minimum Gasteiger partial charge on any atom is -0.436 e. The number of carbonyl (C=O) groups excluding carboxylic acids is 1. The molecule has 3 aromatic heterocycles. The number of nitrogens with one attached hydrogen (secondary N) is 1. The number of aromatic nitrogens is 4. The lowest BCUT2D eigenvalue weighted by Gasteiger charge is -2.16. The van der Waals surface area contributed by atoms with E-state index in [0.29, 0.717) is 30.4 Å². The molecular weight excluding hydrogens is 320 g/mol. The Morgan fingerprint density at radius 2 is 2.12 bits per heavy atom. The highest BCUT2D eigenvalue weighted by Gasteiger charge is 2.30. The van der Waals surface area contributed by atoms with Gasteiger partial charge in [-0.05, 0) is 32.4 Å². The second-order valence-corrected chi connectivity index (χ2v) is 6.43. The number of imidazole rings is 1. The number of hydrogen-bond donors (Lipinski definition) is 1. The molecule has 0 bridgehead atoms. The summed E-state index contributed by atoms with van der Waals surface area (Å²) < 4.78 is 7.21. The molecule has 8 nitrogen and oxygen atoms in total. The topological polar surface area (TPSA) is 88.6 Å². The van der Waals surface area contributed by atoms with Gasteiger partial charge in [0.1, 0.15) is 5.82 Å². The fourth-order valence-corrected chi connectivity index (χ4v) is 3.22.